The summed E-state index contributed by atoms with van der Waals surface area (Å²) in [6.07, 6.45) is 4.46. The topological polar surface area (TPSA) is 106 Å². The minimum absolute atomic E-state index is 0.00303. The average molecular weight is 411 g/mol. The van der Waals surface area contributed by atoms with Gasteiger partial charge in [-0.3, -0.25) is 9.48 Å². The fourth-order valence-electron chi connectivity index (χ4n) is 2.74. The summed E-state index contributed by atoms with van der Waals surface area (Å²) in [5, 5.41) is 6.69. The van der Waals surface area contributed by atoms with Crippen molar-refractivity contribution in [2.75, 3.05) is 6.54 Å². The Balaban J connectivity index is 1.87. The predicted octanol–water partition coefficient (Wildman–Crippen LogP) is 1.91. The van der Waals surface area contributed by atoms with Crippen LogP contribution in [0, 0.1) is 0 Å². The second-order valence-electron chi connectivity index (χ2n) is 6.23. The fourth-order valence-corrected chi connectivity index (χ4v) is 4.00. The van der Waals surface area contributed by atoms with E-state index in [4.69, 9.17) is 0 Å². The molecule has 2 N–H and O–H groups in total. The Morgan fingerprint density at radius 1 is 1.17 bits per heavy atom. The van der Waals surface area contributed by atoms with Gasteiger partial charge in [-0.05, 0) is 23.8 Å². The molecule has 8 nitrogen and oxygen atoms in total. The van der Waals surface area contributed by atoms with E-state index >= 15 is 0 Å². The lowest BCUT2D eigenvalue weighted by Crippen LogP contribution is -2.32. The highest BCUT2D eigenvalue weighted by Gasteiger charge is 2.23. The van der Waals surface area contributed by atoms with Crippen LogP contribution < -0.4 is 10.0 Å². The van der Waals surface area contributed by atoms with Crippen LogP contribution in [0.2, 0.25) is 0 Å². The highest BCUT2D eigenvalue weighted by Crippen LogP contribution is 2.19. The molecule has 9 heteroatoms. The summed E-state index contributed by atoms with van der Waals surface area (Å²) in [5.41, 5.74) is 1.04. The zero-order valence-corrected chi connectivity index (χ0v) is 16.4. The van der Waals surface area contributed by atoms with Crippen molar-refractivity contribution >= 4 is 15.9 Å². The lowest BCUT2D eigenvalue weighted by molar-refractivity contribution is 0.0958. The van der Waals surface area contributed by atoms with Gasteiger partial charge < -0.3 is 5.32 Å². The molecule has 1 unspecified atom stereocenters. The number of nitrogens with zero attached hydrogens (tertiary/aromatic N) is 3. The molecule has 0 aliphatic carbocycles. The molecule has 1 aromatic heterocycles. The van der Waals surface area contributed by atoms with Gasteiger partial charge in [0, 0.05) is 12.1 Å². The van der Waals surface area contributed by atoms with Crippen LogP contribution in [0.1, 0.15) is 22.0 Å². The van der Waals surface area contributed by atoms with Crippen LogP contribution in [0.3, 0.4) is 0 Å². The van der Waals surface area contributed by atoms with Gasteiger partial charge in [-0.2, -0.15) is 5.10 Å². The second-order valence-corrected chi connectivity index (χ2v) is 7.94. The van der Waals surface area contributed by atoms with Gasteiger partial charge in [-0.15, -0.1) is 6.58 Å². The van der Waals surface area contributed by atoms with E-state index in [1.165, 1.54) is 30.9 Å². The first-order valence-corrected chi connectivity index (χ1v) is 10.4. The molecule has 3 rings (SSSR count). The van der Waals surface area contributed by atoms with Crippen molar-refractivity contribution in [2.45, 2.75) is 17.5 Å². The monoisotopic (exact) mass is 411 g/mol. The number of sulfonamides is 1. The molecule has 0 aliphatic heterocycles. The van der Waals surface area contributed by atoms with Gasteiger partial charge in [0.15, 0.2) is 0 Å². The van der Waals surface area contributed by atoms with Gasteiger partial charge in [0.25, 0.3) is 5.91 Å². The van der Waals surface area contributed by atoms with Crippen molar-refractivity contribution in [1.82, 2.24) is 24.8 Å². The van der Waals surface area contributed by atoms with Crippen molar-refractivity contribution in [1.29, 1.82) is 0 Å². The van der Waals surface area contributed by atoms with E-state index in [-0.39, 0.29) is 22.9 Å². The van der Waals surface area contributed by atoms with E-state index in [0.29, 0.717) is 6.54 Å². The molecule has 29 heavy (non-hydrogen) atoms. The van der Waals surface area contributed by atoms with E-state index in [1.807, 2.05) is 30.3 Å². The van der Waals surface area contributed by atoms with Crippen molar-refractivity contribution in [3.63, 3.8) is 0 Å². The van der Waals surface area contributed by atoms with Crippen molar-refractivity contribution in [3.8, 4) is 0 Å². The maximum absolute atomic E-state index is 13.0. The molecule has 0 fully saturated rings. The maximum atomic E-state index is 13.0. The largest absolute Gasteiger partial charge is 0.349 e. The molecule has 150 valence electrons. The highest BCUT2D eigenvalue weighted by atomic mass is 32.2. The van der Waals surface area contributed by atoms with Crippen molar-refractivity contribution < 1.29 is 13.2 Å². The average Bonchev–Trinajstić information content (AvgIpc) is 3.25. The Hall–Kier alpha value is -3.30. The van der Waals surface area contributed by atoms with Gasteiger partial charge in [-0.25, -0.2) is 18.1 Å². The number of rotatable bonds is 9. The predicted molar refractivity (Wildman–Crippen MR) is 108 cm³/mol. The van der Waals surface area contributed by atoms with Crippen LogP contribution in [-0.4, -0.2) is 35.6 Å². The van der Waals surface area contributed by atoms with Crippen LogP contribution in [0.5, 0.6) is 0 Å². The Morgan fingerprint density at radius 3 is 2.66 bits per heavy atom. The van der Waals surface area contributed by atoms with Gasteiger partial charge in [0.1, 0.15) is 12.7 Å². The molecule has 0 bridgehead atoms. The Morgan fingerprint density at radius 2 is 1.97 bits per heavy atom. The van der Waals surface area contributed by atoms with E-state index in [0.717, 1.165) is 5.56 Å². The lowest BCUT2D eigenvalue weighted by atomic mass is 10.1. The Bertz CT molecular complexity index is 1070. The zero-order valence-electron chi connectivity index (χ0n) is 15.6. The van der Waals surface area contributed by atoms with Crippen LogP contribution in [0.25, 0.3) is 0 Å². The highest BCUT2D eigenvalue weighted by molar-refractivity contribution is 7.89. The van der Waals surface area contributed by atoms with Crippen LogP contribution in [0.4, 0.5) is 0 Å². The molecule has 0 radical (unpaired) electrons. The molecular formula is C20H21N5O3S. The number of hydrogen-bond donors (Lipinski definition) is 2. The van der Waals surface area contributed by atoms with Crippen LogP contribution in [0.15, 0.2) is 84.8 Å². The third-order valence-electron chi connectivity index (χ3n) is 4.15. The Kier molecular flexibility index (Phi) is 6.53. The molecule has 2 aromatic carbocycles. The second kappa shape index (κ2) is 9.26. The standard InChI is InChI=1S/C20H21N5O3S/c1-2-11-22-20(26)17-9-6-10-18(12-17)29(27,28)24-19(13-25-15-21-14-23-25)16-7-4-3-5-8-16/h2-10,12,14-15,19,24H,1,11,13H2,(H,22,26). The number of carbonyl (C=O) groups excluding carboxylic acids is 1. The molecule has 1 heterocycles. The smallest absolute Gasteiger partial charge is 0.251 e. The molecule has 0 aliphatic rings. The molecule has 0 saturated carbocycles. The zero-order chi connectivity index (χ0) is 20.7. The minimum Gasteiger partial charge on any atom is -0.349 e. The molecular weight excluding hydrogens is 390 g/mol. The molecule has 3 aromatic rings. The summed E-state index contributed by atoms with van der Waals surface area (Å²) in [7, 11) is -3.90. The maximum Gasteiger partial charge on any atom is 0.251 e. The van der Waals surface area contributed by atoms with Crippen molar-refractivity contribution in [2.24, 2.45) is 0 Å². The summed E-state index contributed by atoms with van der Waals surface area (Å²) in [6.45, 7) is 4.10. The summed E-state index contributed by atoms with van der Waals surface area (Å²) < 4.78 is 30.3. The third-order valence-corrected chi connectivity index (χ3v) is 5.62. The van der Waals surface area contributed by atoms with E-state index in [1.54, 1.807) is 16.8 Å². The van der Waals surface area contributed by atoms with Gasteiger partial charge in [0.2, 0.25) is 10.0 Å². The first-order valence-electron chi connectivity index (χ1n) is 8.88. The molecule has 0 saturated heterocycles. The summed E-state index contributed by atoms with van der Waals surface area (Å²) in [4.78, 5) is 16.1. The number of nitrogens with one attached hydrogen (secondary N) is 2. The number of aromatic nitrogens is 3. The molecule has 0 spiro atoms. The van der Waals surface area contributed by atoms with Gasteiger partial charge >= 0.3 is 0 Å². The number of carbonyl (C=O) groups is 1. The van der Waals surface area contributed by atoms with Gasteiger partial charge in [0.05, 0.1) is 17.5 Å². The quantitative estimate of drug-likeness (QED) is 0.523. The fraction of sp³-hybridized carbons (Fsp3) is 0.150. The first kappa shape index (κ1) is 20.4. The third kappa shape index (κ3) is 5.37. The molecule has 1 atom stereocenters. The first-order chi connectivity index (χ1) is 14.0. The van der Waals surface area contributed by atoms with Crippen molar-refractivity contribution in [3.05, 3.63) is 91.0 Å². The van der Waals surface area contributed by atoms with Crippen LogP contribution in [-0.2, 0) is 16.6 Å². The number of amides is 1. The summed E-state index contributed by atoms with van der Waals surface area (Å²) >= 11 is 0. The lowest BCUT2D eigenvalue weighted by Gasteiger charge is -2.19. The number of benzene rings is 2. The molecule has 1 amide bonds. The Labute approximate surface area is 169 Å². The van der Waals surface area contributed by atoms with E-state index in [2.05, 4.69) is 26.7 Å². The number of hydrogen-bond acceptors (Lipinski definition) is 5. The summed E-state index contributed by atoms with van der Waals surface area (Å²) in [6, 6.07) is 14.5. The minimum atomic E-state index is -3.90. The van der Waals surface area contributed by atoms with E-state index in [9.17, 15) is 13.2 Å². The summed E-state index contributed by atoms with van der Waals surface area (Å²) in [5.74, 6) is -0.371. The normalized spacial score (nSPS) is 12.3. The van der Waals surface area contributed by atoms with E-state index < -0.39 is 16.1 Å². The van der Waals surface area contributed by atoms with Gasteiger partial charge in [-0.1, -0.05) is 42.5 Å². The van der Waals surface area contributed by atoms with Crippen LogP contribution >= 0.6 is 0 Å². The SMILES string of the molecule is C=CCNC(=O)c1cccc(S(=O)(=O)NC(Cn2cncn2)c2ccccc2)c1.